The Bertz CT molecular complexity index is 950. The first kappa shape index (κ1) is 17.2. The second-order valence-corrected chi connectivity index (χ2v) is 6.28. The molecule has 4 rings (SSSR count). The van der Waals surface area contributed by atoms with Crippen molar-refractivity contribution in [1.82, 2.24) is 24.8 Å². The van der Waals surface area contributed by atoms with Gasteiger partial charge in [0.05, 0.1) is 25.0 Å². The highest BCUT2D eigenvalue weighted by Gasteiger charge is 2.33. The highest BCUT2D eigenvalue weighted by molar-refractivity contribution is 5.95. The normalized spacial score (nSPS) is 17.1. The van der Waals surface area contributed by atoms with E-state index in [9.17, 15) is 4.79 Å². The summed E-state index contributed by atoms with van der Waals surface area (Å²) in [7, 11) is 3.63. The van der Waals surface area contributed by atoms with Gasteiger partial charge in [-0.15, -0.1) is 0 Å². The highest BCUT2D eigenvalue weighted by atomic mass is 16.5. The Hall–Kier alpha value is -3.20. The zero-order chi connectivity index (χ0) is 18.8. The Balaban J connectivity index is 1.61. The van der Waals surface area contributed by atoms with E-state index in [0.29, 0.717) is 37.0 Å². The van der Waals surface area contributed by atoms with Crippen molar-refractivity contribution < 1.29 is 14.1 Å². The Morgan fingerprint density at radius 3 is 3.04 bits per heavy atom. The Morgan fingerprint density at radius 2 is 2.26 bits per heavy atom. The van der Waals surface area contributed by atoms with Crippen molar-refractivity contribution in [1.29, 1.82) is 0 Å². The van der Waals surface area contributed by atoms with Crippen LogP contribution in [0.3, 0.4) is 0 Å². The van der Waals surface area contributed by atoms with Crippen LogP contribution in [0.2, 0.25) is 0 Å². The van der Waals surface area contributed by atoms with Crippen LogP contribution in [-0.4, -0.2) is 57.5 Å². The minimum atomic E-state index is -0.404. The average molecular weight is 368 g/mol. The van der Waals surface area contributed by atoms with Crippen molar-refractivity contribution in [3.63, 3.8) is 0 Å². The molecule has 0 radical (unpaired) electrons. The third kappa shape index (κ3) is 3.41. The zero-order valence-corrected chi connectivity index (χ0v) is 15.1. The van der Waals surface area contributed by atoms with Crippen molar-refractivity contribution >= 4 is 11.6 Å². The summed E-state index contributed by atoms with van der Waals surface area (Å²) in [5.74, 6) is 0.702. The molecule has 1 N–H and O–H groups in total. The number of morpholine rings is 1. The first-order valence-corrected chi connectivity index (χ1v) is 8.65. The largest absolute Gasteiger partial charge is 0.388 e. The Morgan fingerprint density at radius 1 is 1.37 bits per heavy atom. The number of aromatic nitrogens is 4. The van der Waals surface area contributed by atoms with Crippen molar-refractivity contribution in [3.05, 3.63) is 48.0 Å². The molecule has 1 aliphatic rings. The van der Waals surface area contributed by atoms with E-state index in [1.54, 1.807) is 28.0 Å². The topological polar surface area (TPSA) is 98.3 Å². The lowest BCUT2D eigenvalue weighted by Gasteiger charge is -2.33. The van der Waals surface area contributed by atoms with Gasteiger partial charge in [0.2, 0.25) is 0 Å². The third-order valence-corrected chi connectivity index (χ3v) is 4.48. The molecule has 0 saturated carbocycles. The maximum absolute atomic E-state index is 13.1. The van der Waals surface area contributed by atoms with Crippen molar-refractivity contribution in [2.45, 2.75) is 6.04 Å². The fourth-order valence-electron chi connectivity index (χ4n) is 3.05. The summed E-state index contributed by atoms with van der Waals surface area (Å²) in [6.07, 6.45) is 3.45. The average Bonchev–Trinajstić information content (AvgIpc) is 3.36. The molecule has 0 aliphatic carbocycles. The summed E-state index contributed by atoms with van der Waals surface area (Å²) < 4.78 is 12.6. The van der Waals surface area contributed by atoms with E-state index in [4.69, 9.17) is 9.26 Å². The lowest BCUT2D eigenvalue weighted by atomic mass is 10.1. The summed E-state index contributed by atoms with van der Waals surface area (Å²) in [5, 5.41) is 11.2. The standard InChI is InChI=1S/C18H20N6O3/c1-19-14-5-3-4-12(8-14)18(25)24-6-7-26-11-15(24)16-21-17(27-22-16)13-9-20-23(2)10-13/h3-5,8-10,15,19H,6-7,11H2,1-2H3. The molecule has 1 saturated heterocycles. The van der Waals surface area contributed by atoms with Gasteiger partial charge in [-0.2, -0.15) is 10.1 Å². The smallest absolute Gasteiger partial charge is 0.261 e. The molecule has 9 heteroatoms. The van der Waals surface area contributed by atoms with Crippen molar-refractivity contribution in [2.24, 2.45) is 7.05 Å². The molecule has 1 amide bonds. The fourth-order valence-corrected chi connectivity index (χ4v) is 3.05. The minimum Gasteiger partial charge on any atom is -0.388 e. The lowest BCUT2D eigenvalue weighted by molar-refractivity contribution is -0.00576. The molecule has 1 atom stereocenters. The number of aryl methyl sites for hydroxylation is 1. The van der Waals surface area contributed by atoms with Gasteiger partial charge < -0.3 is 19.5 Å². The second-order valence-electron chi connectivity index (χ2n) is 6.28. The zero-order valence-electron chi connectivity index (χ0n) is 15.1. The molecule has 1 aliphatic heterocycles. The van der Waals surface area contributed by atoms with Crippen LogP contribution in [0.15, 0.2) is 41.2 Å². The van der Waals surface area contributed by atoms with Crippen LogP contribution in [0, 0.1) is 0 Å². The molecular formula is C18H20N6O3. The van der Waals surface area contributed by atoms with Gasteiger partial charge in [0.25, 0.3) is 11.8 Å². The Labute approximate surface area is 155 Å². The SMILES string of the molecule is CNc1cccc(C(=O)N2CCOCC2c2noc(-c3cnn(C)c3)n2)c1. The molecule has 27 heavy (non-hydrogen) atoms. The van der Waals surface area contributed by atoms with Crippen LogP contribution in [0.4, 0.5) is 5.69 Å². The van der Waals surface area contributed by atoms with Gasteiger partial charge in [0.15, 0.2) is 5.82 Å². The molecule has 9 nitrogen and oxygen atoms in total. The summed E-state index contributed by atoms with van der Waals surface area (Å²) >= 11 is 0. The van der Waals surface area contributed by atoms with Gasteiger partial charge in [0, 0.05) is 38.1 Å². The summed E-state index contributed by atoms with van der Waals surface area (Å²) in [6.45, 7) is 1.26. The third-order valence-electron chi connectivity index (χ3n) is 4.48. The number of hydrogen-bond acceptors (Lipinski definition) is 7. The highest BCUT2D eigenvalue weighted by Crippen LogP contribution is 2.27. The molecule has 0 spiro atoms. The van der Waals surface area contributed by atoms with Gasteiger partial charge >= 0.3 is 0 Å². The number of hydrogen-bond donors (Lipinski definition) is 1. The molecular weight excluding hydrogens is 348 g/mol. The monoisotopic (exact) mass is 368 g/mol. The minimum absolute atomic E-state index is 0.0897. The lowest BCUT2D eigenvalue weighted by Crippen LogP contribution is -2.43. The molecule has 2 aromatic heterocycles. The quantitative estimate of drug-likeness (QED) is 0.749. The number of anilines is 1. The van der Waals surface area contributed by atoms with E-state index in [1.165, 1.54) is 0 Å². The van der Waals surface area contributed by atoms with Crippen molar-refractivity contribution in [2.75, 3.05) is 32.1 Å². The first-order valence-electron chi connectivity index (χ1n) is 8.65. The summed E-state index contributed by atoms with van der Waals surface area (Å²) in [4.78, 5) is 19.3. The number of nitrogens with zero attached hydrogens (tertiary/aromatic N) is 5. The van der Waals surface area contributed by atoms with Gasteiger partial charge in [-0.25, -0.2) is 0 Å². The second kappa shape index (κ2) is 7.20. The number of carbonyl (C=O) groups is 1. The van der Waals surface area contributed by atoms with E-state index in [0.717, 1.165) is 11.3 Å². The molecule has 140 valence electrons. The van der Waals surface area contributed by atoms with Crippen LogP contribution in [0.1, 0.15) is 22.2 Å². The molecule has 1 fully saturated rings. The molecule has 3 heterocycles. The number of carbonyl (C=O) groups excluding carboxylic acids is 1. The predicted molar refractivity (Wildman–Crippen MR) is 97.1 cm³/mol. The van der Waals surface area contributed by atoms with E-state index < -0.39 is 6.04 Å². The van der Waals surface area contributed by atoms with E-state index >= 15 is 0 Å². The molecule has 3 aromatic rings. The predicted octanol–water partition coefficient (Wildman–Crippen LogP) is 1.73. The summed E-state index contributed by atoms with van der Waals surface area (Å²) in [5.41, 5.74) is 2.21. The molecule has 1 aromatic carbocycles. The van der Waals surface area contributed by atoms with E-state index in [1.807, 2.05) is 32.3 Å². The fraction of sp³-hybridized carbons (Fsp3) is 0.333. The van der Waals surface area contributed by atoms with E-state index in [-0.39, 0.29) is 5.91 Å². The maximum atomic E-state index is 13.1. The van der Waals surface area contributed by atoms with Gasteiger partial charge in [-0.05, 0) is 18.2 Å². The number of rotatable bonds is 4. The summed E-state index contributed by atoms with van der Waals surface area (Å²) in [6, 6.07) is 6.98. The number of nitrogens with one attached hydrogen (secondary N) is 1. The van der Waals surface area contributed by atoms with Crippen LogP contribution in [-0.2, 0) is 11.8 Å². The maximum Gasteiger partial charge on any atom is 0.261 e. The van der Waals surface area contributed by atoms with Gasteiger partial charge in [-0.3, -0.25) is 9.48 Å². The van der Waals surface area contributed by atoms with Crippen LogP contribution < -0.4 is 5.32 Å². The number of benzene rings is 1. The van der Waals surface area contributed by atoms with Gasteiger partial charge in [-0.1, -0.05) is 11.2 Å². The molecule has 0 bridgehead atoms. The van der Waals surface area contributed by atoms with E-state index in [2.05, 4.69) is 20.6 Å². The van der Waals surface area contributed by atoms with Crippen LogP contribution in [0.5, 0.6) is 0 Å². The van der Waals surface area contributed by atoms with Crippen molar-refractivity contribution in [3.8, 4) is 11.5 Å². The first-order chi connectivity index (χ1) is 13.2. The number of amides is 1. The van der Waals surface area contributed by atoms with Crippen LogP contribution in [0.25, 0.3) is 11.5 Å². The van der Waals surface area contributed by atoms with Crippen LogP contribution >= 0.6 is 0 Å². The molecule has 1 unspecified atom stereocenters. The Kier molecular flexibility index (Phi) is 4.59. The van der Waals surface area contributed by atoms with Gasteiger partial charge in [0.1, 0.15) is 6.04 Å². The number of ether oxygens (including phenoxy) is 1.